The van der Waals surface area contributed by atoms with E-state index in [9.17, 15) is 0 Å². The van der Waals surface area contributed by atoms with Crippen LogP contribution in [0, 0.1) is 19.3 Å². The Labute approximate surface area is 151 Å². The van der Waals surface area contributed by atoms with Crippen molar-refractivity contribution in [3.8, 4) is 11.3 Å². The second-order valence-corrected chi connectivity index (χ2v) is 8.66. The highest BCUT2D eigenvalue weighted by Crippen LogP contribution is 2.46. The lowest BCUT2D eigenvalue weighted by Gasteiger charge is -2.17. The molecule has 1 atom stereocenters. The van der Waals surface area contributed by atoms with Gasteiger partial charge in [0.1, 0.15) is 0 Å². The molecule has 25 heavy (non-hydrogen) atoms. The zero-order valence-corrected chi connectivity index (χ0v) is 15.8. The van der Waals surface area contributed by atoms with E-state index in [1.165, 1.54) is 52.3 Å². The summed E-state index contributed by atoms with van der Waals surface area (Å²) in [6.07, 6.45) is 5.96. The molecule has 1 nitrogen and oxygen atoms in total. The van der Waals surface area contributed by atoms with Crippen LogP contribution in [0.15, 0.2) is 48.7 Å². The second-order valence-electron chi connectivity index (χ2n) is 8.66. The van der Waals surface area contributed by atoms with Crippen molar-refractivity contribution in [3.05, 3.63) is 65.4 Å². The first-order valence-electron chi connectivity index (χ1n) is 9.38. The Morgan fingerprint density at radius 3 is 2.36 bits per heavy atom. The van der Waals surface area contributed by atoms with Crippen molar-refractivity contribution in [1.82, 2.24) is 4.98 Å². The van der Waals surface area contributed by atoms with Crippen LogP contribution < -0.4 is 0 Å². The topological polar surface area (TPSA) is 12.9 Å². The molecule has 1 heterocycles. The molecule has 0 amide bonds. The number of nitrogens with zero attached hydrogens (tertiary/aromatic N) is 1. The molecule has 0 aliphatic heterocycles. The molecule has 128 valence electrons. The van der Waals surface area contributed by atoms with E-state index in [1.54, 1.807) is 0 Å². The Morgan fingerprint density at radius 1 is 0.920 bits per heavy atom. The van der Waals surface area contributed by atoms with Crippen LogP contribution in [0.3, 0.4) is 0 Å². The van der Waals surface area contributed by atoms with Crippen molar-refractivity contribution in [3.63, 3.8) is 0 Å². The maximum absolute atomic E-state index is 4.71. The molecule has 1 aromatic heterocycles. The van der Waals surface area contributed by atoms with Crippen LogP contribution in [0.4, 0.5) is 0 Å². The highest BCUT2D eigenvalue weighted by Gasteiger charge is 2.31. The van der Waals surface area contributed by atoms with E-state index < -0.39 is 0 Å². The van der Waals surface area contributed by atoms with E-state index in [0.29, 0.717) is 11.3 Å². The van der Waals surface area contributed by atoms with E-state index in [2.05, 4.69) is 70.2 Å². The third-order valence-corrected chi connectivity index (χ3v) is 5.70. The summed E-state index contributed by atoms with van der Waals surface area (Å²) in [4.78, 5) is 4.71. The number of fused-ring (bicyclic) bond motifs is 1. The molecule has 4 rings (SSSR count). The lowest BCUT2D eigenvalue weighted by atomic mass is 9.88. The van der Waals surface area contributed by atoms with Gasteiger partial charge in [0.15, 0.2) is 0 Å². The largest absolute Gasteiger partial charge is 0.256 e. The van der Waals surface area contributed by atoms with Crippen molar-refractivity contribution in [2.24, 2.45) is 5.41 Å². The van der Waals surface area contributed by atoms with E-state index in [1.807, 2.05) is 6.20 Å². The first-order valence-corrected chi connectivity index (χ1v) is 9.38. The molecule has 0 N–H and O–H groups in total. The Balaban J connectivity index is 1.74. The fraction of sp³-hybridized carbons (Fsp3) is 0.375. The monoisotopic (exact) mass is 329 g/mol. The van der Waals surface area contributed by atoms with Gasteiger partial charge in [-0.1, -0.05) is 49.2 Å². The van der Waals surface area contributed by atoms with Gasteiger partial charge in [-0.3, -0.25) is 4.98 Å². The molecule has 0 spiro atoms. The molecule has 0 radical (unpaired) electrons. The summed E-state index contributed by atoms with van der Waals surface area (Å²) in [6.45, 7) is 9.10. The minimum atomic E-state index is 0.488. The molecule has 1 heteroatoms. The third-order valence-electron chi connectivity index (χ3n) is 5.70. The average molecular weight is 329 g/mol. The maximum atomic E-state index is 4.71. The average Bonchev–Trinajstić information content (AvgIpc) is 2.93. The number of hydrogen-bond donors (Lipinski definition) is 0. The molecule has 1 aliphatic rings. The van der Waals surface area contributed by atoms with Crippen LogP contribution in [0.2, 0.25) is 0 Å². The Morgan fingerprint density at radius 2 is 1.68 bits per heavy atom. The Kier molecular flexibility index (Phi) is 3.91. The molecular formula is C24H27N. The molecular weight excluding hydrogens is 302 g/mol. The number of aryl methyl sites for hydroxylation is 2. The summed E-state index contributed by atoms with van der Waals surface area (Å²) in [5.41, 5.74) is 6.85. The number of hydrogen-bond acceptors (Lipinski definition) is 1. The predicted octanol–water partition coefficient (Wildman–Crippen LogP) is 6.81. The van der Waals surface area contributed by atoms with Crippen molar-refractivity contribution in [2.75, 3.05) is 0 Å². The quantitative estimate of drug-likeness (QED) is 0.503. The number of benzene rings is 2. The standard InChI is InChI=1S/C24H27N/c1-16-9-17(2)11-22(10-16)23-13-21-12-18(5-6-20(21)15-25-23)19-7-8-24(3,4)14-19/h5-6,9-13,15,19H,7-8,14H2,1-4H3. The van der Waals surface area contributed by atoms with Gasteiger partial charge in [0.25, 0.3) is 0 Å². The van der Waals surface area contributed by atoms with Gasteiger partial charge < -0.3 is 0 Å². The molecule has 2 aromatic carbocycles. The highest BCUT2D eigenvalue weighted by atomic mass is 14.7. The molecule has 1 fully saturated rings. The van der Waals surface area contributed by atoms with Crippen LogP contribution in [-0.2, 0) is 0 Å². The highest BCUT2D eigenvalue weighted by molar-refractivity contribution is 5.86. The van der Waals surface area contributed by atoms with Crippen LogP contribution in [0.5, 0.6) is 0 Å². The van der Waals surface area contributed by atoms with Gasteiger partial charge in [-0.25, -0.2) is 0 Å². The van der Waals surface area contributed by atoms with Crippen molar-refractivity contribution >= 4 is 10.8 Å². The van der Waals surface area contributed by atoms with Gasteiger partial charge in [0, 0.05) is 17.1 Å². The summed E-state index contributed by atoms with van der Waals surface area (Å²) < 4.78 is 0. The third kappa shape index (κ3) is 3.33. The first kappa shape index (κ1) is 16.3. The van der Waals surface area contributed by atoms with Crippen molar-refractivity contribution in [2.45, 2.75) is 52.9 Å². The van der Waals surface area contributed by atoms with Crippen LogP contribution in [-0.4, -0.2) is 4.98 Å². The zero-order valence-electron chi connectivity index (χ0n) is 15.8. The lowest BCUT2D eigenvalue weighted by molar-refractivity contribution is 0.376. The second kappa shape index (κ2) is 5.98. The lowest BCUT2D eigenvalue weighted by Crippen LogP contribution is -2.04. The van der Waals surface area contributed by atoms with Gasteiger partial charge in [0.2, 0.25) is 0 Å². The first-order chi connectivity index (χ1) is 11.9. The number of pyridine rings is 1. The summed E-state index contributed by atoms with van der Waals surface area (Å²) >= 11 is 0. The van der Waals surface area contributed by atoms with Crippen molar-refractivity contribution < 1.29 is 0 Å². The van der Waals surface area contributed by atoms with E-state index >= 15 is 0 Å². The molecule has 1 saturated carbocycles. The molecule has 0 saturated heterocycles. The van der Waals surface area contributed by atoms with Gasteiger partial charge in [-0.05, 0) is 73.6 Å². The molecule has 1 unspecified atom stereocenters. The van der Waals surface area contributed by atoms with Crippen LogP contribution in [0.1, 0.15) is 55.7 Å². The number of aromatic nitrogens is 1. The van der Waals surface area contributed by atoms with Crippen LogP contribution in [0.25, 0.3) is 22.0 Å². The van der Waals surface area contributed by atoms with Crippen LogP contribution >= 0.6 is 0 Å². The Hall–Kier alpha value is -2.15. The fourth-order valence-electron chi connectivity index (χ4n) is 4.41. The smallest absolute Gasteiger partial charge is 0.0708 e. The predicted molar refractivity (Wildman–Crippen MR) is 107 cm³/mol. The molecule has 3 aromatic rings. The summed E-state index contributed by atoms with van der Waals surface area (Å²) in [5.74, 6) is 0.706. The van der Waals surface area contributed by atoms with E-state index in [0.717, 1.165) is 5.69 Å². The normalized spacial score (nSPS) is 19.4. The molecule has 0 bridgehead atoms. The minimum Gasteiger partial charge on any atom is -0.256 e. The molecule has 1 aliphatic carbocycles. The van der Waals surface area contributed by atoms with Gasteiger partial charge in [0.05, 0.1) is 5.69 Å². The Bertz CT molecular complexity index is 916. The van der Waals surface area contributed by atoms with Gasteiger partial charge in [-0.2, -0.15) is 0 Å². The SMILES string of the molecule is Cc1cc(C)cc(-c2cc3cc(C4CCC(C)(C)C4)ccc3cn2)c1. The van der Waals surface area contributed by atoms with Gasteiger partial charge in [-0.15, -0.1) is 0 Å². The summed E-state index contributed by atoms with van der Waals surface area (Å²) in [6, 6.07) is 15.9. The van der Waals surface area contributed by atoms with E-state index in [4.69, 9.17) is 4.98 Å². The maximum Gasteiger partial charge on any atom is 0.0708 e. The van der Waals surface area contributed by atoms with E-state index in [-0.39, 0.29) is 0 Å². The number of rotatable bonds is 2. The minimum absolute atomic E-state index is 0.488. The summed E-state index contributed by atoms with van der Waals surface area (Å²) in [7, 11) is 0. The zero-order chi connectivity index (χ0) is 17.6. The fourth-order valence-corrected chi connectivity index (χ4v) is 4.41. The van der Waals surface area contributed by atoms with Crippen molar-refractivity contribution in [1.29, 1.82) is 0 Å². The summed E-state index contributed by atoms with van der Waals surface area (Å²) in [5, 5.41) is 2.54. The van der Waals surface area contributed by atoms with Gasteiger partial charge >= 0.3 is 0 Å².